The normalized spacial score (nSPS) is 10.8. The number of rotatable bonds is 5. The number of fused-ring (bicyclic) bond motifs is 1. The van der Waals surface area contributed by atoms with Crippen molar-refractivity contribution in [2.75, 3.05) is 6.61 Å². The Balaban J connectivity index is 1.97. The minimum absolute atomic E-state index is 0.475. The molecule has 102 valence electrons. The van der Waals surface area contributed by atoms with Gasteiger partial charge in [-0.25, -0.2) is 4.98 Å². The number of ether oxygens (including phenoxy) is 1. The van der Waals surface area contributed by atoms with Crippen molar-refractivity contribution >= 4 is 22.6 Å². The van der Waals surface area contributed by atoms with Gasteiger partial charge in [-0.15, -0.1) is 0 Å². The minimum Gasteiger partial charge on any atom is -0.494 e. The monoisotopic (exact) mass is 287 g/mol. The van der Waals surface area contributed by atoms with Crippen molar-refractivity contribution in [2.45, 2.75) is 13.3 Å². The van der Waals surface area contributed by atoms with Crippen LogP contribution in [0.1, 0.15) is 23.8 Å². The number of hydrogen-bond donors (Lipinski definition) is 0. The lowest BCUT2D eigenvalue weighted by Gasteiger charge is -2.05. The van der Waals surface area contributed by atoms with Gasteiger partial charge in [-0.05, 0) is 30.7 Å². The maximum absolute atomic E-state index is 11.3. The van der Waals surface area contributed by atoms with Crippen LogP contribution in [0.3, 0.4) is 0 Å². The molecular formula is C14H13N3O2S. The van der Waals surface area contributed by atoms with Crippen LogP contribution in [0.15, 0.2) is 29.8 Å². The van der Waals surface area contributed by atoms with E-state index in [-0.39, 0.29) is 0 Å². The predicted octanol–water partition coefficient (Wildman–Crippen LogP) is 3.06. The van der Waals surface area contributed by atoms with Gasteiger partial charge in [-0.2, -0.15) is 9.61 Å². The van der Waals surface area contributed by atoms with Crippen LogP contribution in [-0.4, -0.2) is 27.5 Å². The van der Waals surface area contributed by atoms with Crippen LogP contribution >= 0.6 is 11.3 Å². The quantitative estimate of drug-likeness (QED) is 0.677. The van der Waals surface area contributed by atoms with Crippen molar-refractivity contribution in [3.63, 3.8) is 0 Å². The van der Waals surface area contributed by atoms with Crippen molar-refractivity contribution in [3.05, 3.63) is 35.5 Å². The number of aldehydes is 1. The molecule has 0 spiro atoms. The van der Waals surface area contributed by atoms with E-state index in [1.54, 1.807) is 10.0 Å². The fourth-order valence-corrected chi connectivity index (χ4v) is 2.58. The average Bonchev–Trinajstić information content (AvgIpc) is 3.05. The van der Waals surface area contributed by atoms with Crippen LogP contribution in [0.4, 0.5) is 0 Å². The topological polar surface area (TPSA) is 56.5 Å². The SMILES string of the molecule is CCCOc1ccc(-c2nc3scnn3c2C=O)cc1. The van der Waals surface area contributed by atoms with Gasteiger partial charge in [0.15, 0.2) is 6.29 Å². The van der Waals surface area contributed by atoms with E-state index in [1.165, 1.54) is 11.3 Å². The van der Waals surface area contributed by atoms with Gasteiger partial charge in [0.05, 0.1) is 6.61 Å². The second kappa shape index (κ2) is 5.42. The minimum atomic E-state index is 0.475. The van der Waals surface area contributed by atoms with Crippen molar-refractivity contribution in [2.24, 2.45) is 0 Å². The van der Waals surface area contributed by atoms with Crippen molar-refractivity contribution < 1.29 is 9.53 Å². The van der Waals surface area contributed by atoms with Gasteiger partial charge in [0.25, 0.3) is 0 Å². The van der Waals surface area contributed by atoms with Crippen LogP contribution in [0.25, 0.3) is 16.2 Å². The summed E-state index contributed by atoms with van der Waals surface area (Å²) in [5, 5.41) is 4.11. The van der Waals surface area contributed by atoms with Crippen molar-refractivity contribution in [1.29, 1.82) is 0 Å². The van der Waals surface area contributed by atoms with Crippen LogP contribution < -0.4 is 4.74 Å². The molecule has 0 saturated heterocycles. The molecule has 0 saturated carbocycles. The Morgan fingerprint density at radius 2 is 2.15 bits per heavy atom. The van der Waals surface area contributed by atoms with Gasteiger partial charge in [0.1, 0.15) is 22.6 Å². The zero-order chi connectivity index (χ0) is 13.9. The van der Waals surface area contributed by atoms with E-state index >= 15 is 0 Å². The fraction of sp³-hybridized carbons (Fsp3) is 0.214. The summed E-state index contributed by atoms with van der Waals surface area (Å²) in [4.78, 5) is 16.4. The Morgan fingerprint density at radius 3 is 2.85 bits per heavy atom. The third kappa shape index (κ3) is 2.18. The van der Waals surface area contributed by atoms with E-state index in [0.29, 0.717) is 23.0 Å². The molecule has 3 aromatic rings. The molecule has 0 radical (unpaired) electrons. The van der Waals surface area contributed by atoms with E-state index < -0.39 is 0 Å². The fourth-order valence-electron chi connectivity index (χ4n) is 1.96. The lowest BCUT2D eigenvalue weighted by Crippen LogP contribution is -1.95. The molecule has 0 bridgehead atoms. The highest BCUT2D eigenvalue weighted by molar-refractivity contribution is 7.14. The van der Waals surface area contributed by atoms with Crippen LogP contribution in [-0.2, 0) is 0 Å². The molecule has 5 nitrogen and oxygen atoms in total. The summed E-state index contributed by atoms with van der Waals surface area (Å²) >= 11 is 1.40. The van der Waals surface area contributed by atoms with E-state index in [2.05, 4.69) is 17.0 Å². The maximum Gasteiger partial charge on any atom is 0.213 e. The lowest BCUT2D eigenvalue weighted by molar-refractivity contribution is 0.111. The molecule has 3 rings (SSSR count). The molecule has 2 heterocycles. The van der Waals surface area contributed by atoms with E-state index in [0.717, 1.165) is 24.0 Å². The predicted molar refractivity (Wildman–Crippen MR) is 77.5 cm³/mol. The highest BCUT2D eigenvalue weighted by Crippen LogP contribution is 2.26. The molecular weight excluding hydrogens is 274 g/mol. The molecule has 0 unspecified atom stereocenters. The Labute approximate surface area is 119 Å². The van der Waals surface area contributed by atoms with Gasteiger partial charge in [0.2, 0.25) is 4.96 Å². The molecule has 2 aromatic heterocycles. The van der Waals surface area contributed by atoms with Gasteiger partial charge in [0, 0.05) is 5.56 Å². The van der Waals surface area contributed by atoms with Gasteiger partial charge in [-0.3, -0.25) is 4.79 Å². The standard InChI is InChI=1S/C14H13N3O2S/c1-2-7-19-11-5-3-10(4-6-11)13-12(8-18)17-14(16-13)20-9-15-17/h3-6,8-9H,2,7H2,1H3. The first-order valence-electron chi connectivity index (χ1n) is 6.34. The zero-order valence-corrected chi connectivity index (χ0v) is 11.8. The Hall–Kier alpha value is -2.21. The first-order valence-corrected chi connectivity index (χ1v) is 7.22. The van der Waals surface area contributed by atoms with Gasteiger partial charge in [-0.1, -0.05) is 18.3 Å². The number of carbonyl (C=O) groups excluding carboxylic acids is 1. The largest absolute Gasteiger partial charge is 0.494 e. The number of imidazole rings is 1. The third-order valence-corrected chi connectivity index (χ3v) is 3.57. The summed E-state index contributed by atoms with van der Waals surface area (Å²) in [6, 6.07) is 7.59. The van der Waals surface area contributed by atoms with Gasteiger partial charge < -0.3 is 4.74 Å². The number of nitrogens with zero attached hydrogens (tertiary/aromatic N) is 3. The number of carbonyl (C=O) groups is 1. The van der Waals surface area contributed by atoms with Crippen LogP contribution in [0.2, 0.25) is 0 Å². The smallest absolute Gasteiger partial charge is 0.213 e. The summed E-state index contributed by atoms with van der Waals surface area (Å²) < 4.78 is 7.11. The molecule has 0 aliphatic rings. The first-order chi connectivity index (χ1) is 9.83. The second-order valence-corrected chi connectivity index (χ2v) is 5.08. The number of benzene rings is 1. The zero-order valence-electron chi connectivity index (χ0n) is 10.9. The Kier molecular flexibility index (Phi) is 3.47. The number of aromatic nitrogens is 3. The summed E-state index contributed by atoms with van der Waals surface area (Å²) in [5.74, 6) is 0.822. The van der Waals surface area contributed by atoms with Crippen LogP contribution in [0, 0.1) is 0 Å². The van der Waals surface area contributed by atoms with Crippen molar-refractivity contribution in [1.82, 2.24) is 14.6 Å². The molecule has 20 heavy (non-hydrogen) atoms. The Bertz CT molecular complexity index is 731. The molecule has 0 aliphatic carbocycles. The molecule has 6 heteroatoms. The number of hydrogen-bond acceptors (Lipinski definition) is 5. The van der Waals surface area contributed by atoms with Gasteiger partial charge >= 0.3 is 0 Å². The summed E-state index contributed by atoms with van der Waals surface area (Å²) in [7, 11) is 0. The highest BCUT2D eigenvalue weighted by Gasteiger charge is 2.15. The van der Waals surface area contributed by atoms with Crippen LogP contribution in [0.5, 0.6) is 5.75 Å². The lowest BCUT2D eigenvalue weighted by atomic mass is 10.1. The summed E-state index contributed by atoms with van der Waals surface area (Å²) in [5.41, 5.74) is 3.68. The summed E-state index contributed by atoms with van der Waals surface area (Å²) in [6.07, 6.45) is 1.76. The average molecular weight is 287 g/mol. The van der Waals surface area contributed by atoms with E-state index in [1.807, 2.05) is 24.3 Å². The molecule has 0 fully saturated rings. The molecule has 0 amide bonds. The molecule has 1 aromatic carbocycles. The second-order valence-electron chi connectivity index (χ2n) is 4.27. The molecule has 0 N–H and O–H groups in total. The van der Waals surface area contributed by atoms with Crippen molar-refractivity contribution in [3.8, 4) is 17.0 Å². The molecule has 0 atom stereocenters. The highest BCUT2D eigenvalue weighted by atomic mass is 32.1. The molecule has 0 aliphatic heterocycles. The van der Waals surface area contributed by atoms with E-state index in [4.69, 9.17) is 4.74 Å². The first kappa shape index (κ1) is 12.8. The maximum atomic E-state index is 11.3. The van der Waals surface area contributed by atoms with E-state index in [9.17, 15) is 4.79 Å². The summed E-state index contributed by atoms with van der Waals surface area (Å²) in [6.45, 7) is 2.76. The Morgan fingerprint density at radius 1 is 1.35 bits per heavy atom. The third-order valence-electron chi connectivity index (χ3n) is 2.89.